The molecule has 0 N–H and O–H groups in total. The third-order valence-corrected chi connectivity index (χ3v) is 6.52. The molecule has 2 fully saturated rings. The third-order valence-electron chi connectivity index (χ3n) is 3.80. The second kappa shape index (κ2) is 4.69. The zero-order valence-electron chi connectivity index (χ0n) is 9.52. The molecule has 1 saturated heterocycles. The first kappa shape index (κ1) is 12.4. The van der Waals surface area contributed by atoms with Crippen LogP contribution >= 0.6 is 11.8 Å². The predicted molar refractivity (Wildman–Crippen MR) is 66.4 cm³/mol. The van der Waals surface area contributed by atoms with Gasteiger partial charge in [0.2, 0.25) is 0 Å². The highest BCUT2D eigenvalue weighted by atomic mass is 32.2. The molecular weight excluding hydrogens is 244 g/mol. The van der Waals surface area contributed by atoms with E-state index in [1.165, 1.54) is 6.26 Å². The highest BCUT2D eigenvalue weighted by Crippen LogP contribution is 2.38. The molecular formula is C11H18O3S2. The molecule has 3 nitrogen and oxygen atoms in total. The molecule has 0 spiro atoms. The van der Waals surface area contributed by atoms with Gasteiger partial charge in [0, 0.05) is 17.9 Å². The number of hydrogen-bond acceptors (Lipinski definition) is 4. The van der Waals surface area contributed by atoms with E-state index >= 15 is 0 Å². The van der Waals surface area contributed by atoms with Gasteiger partial charge < -0.3 is 0 Å². The maximum absolute atomic E-state index is 11.7. The van der Waals surface area contributed by atoms with Crippen LogP contribution in [0.1, 0.15) is 25.7 Å². The largest absolute Gasteiger partial charge is 0.298 e. The van der Waals surface area contributed by atoms with Crippen molar-refractivity contribution in [3.63, 3.8) is 0 Å². The number of rotatable bonds is 2. The lowest BCUT2D eigenvalue weighted by Crippen LogP contribution is -2.33. The van der Waals surface area contributed by atoms with Crippen LogP contribution in [0.2, 0.25) is 0 Å². The van der Waals surface area contributed by atoms with Gasteiger partial charge in [-0.2, -0.15) is 11.8 Å². The molecule has 16 heavy (non-hydrogen) atoms. The van der Waals surface area contributed by atoms with Gasteiger partial charge in [-0.15, -0.1) is 0 Å². The summed E-state index contributed by atoms with van der Waals surface area (Å²) in [6.45, 7) is 0. The molecule has 0 bridgehead atoms. The lowest BCUT2D eigenvalue weighted by molar-refractivity contribution is -0.120. The Kier molecular flexibility index (Phi) is 3.64. The van der Waals surface area contributed by atoms with E-state index in [-0.39, 0.29) is 11.2 Å². The normalized spacial score (nSPS) is 36.6. The minimum atomic E-state index is -2.92. The van der Waals surface area contributed by atoms with Crippen LogP contribution in [0.3, 0.4) is 0 Å². The molecule has 1 saturated carbocycles. The van der Waals surface area contributed by atoms with Crippen LogP contribution in [-0.4, -0.2) is 37.2 Å². The molecule has 0 aromatic carbocycles. The molecule has 0 aromatic heterocycles. The lowest BCUT2D eigenvalue weighted by atomic mass is 9.79. The van der Waals surface area contributed by atoms with Gasteiger partial charge in [-0.05, 0) is 25.2 Å². The van der Waals surface area contributed by atoms with Crippen LogP contribution in [0.25, 0.3) is 0 Å². The van der Waals surface area contributed by atoms with Crippen LogP contribution in [0.5, 0.6) is 0 Å². The van der Waals surface area contributed by atoms with Gasteiger partial charge in [-0.25, -0.2) is 8.42 Å². The van der Waals surface area contributed by atoms with E-state index in [1.807, 2.05) is 0 Å². The van der Waals surface area contributed by atoms with Crippen molar-refractivity contribution < 1.29 is 13.2 Å². The molecule has 0 amide bonds. The van der Waals surface area contributed by atoms with E-state index in [0.29, 0.717) is 23.9 Å². The number of Topliss-reactive ketones (excluding diaryl/α,β-unsaturated/α-hetero) is 1. The van der Waals surface area contributed by atoms with Crippen molar-refractivity contribution in [3.05, 3.63) is 0 Å². The summed E-state index contributed by atoms with van der Waals surface area (Å²) in [7, 11) is -2.92. The Hall–Kier alpha value is -0.0300. The third kappa shape index (κ3) is 2.62. The summed E-state index contributed by atoms with van der Waals surface area (Å²) in [5.74, 6) is 2.32. The summed E-state index contributed by atoms with van der Waals surface area (Å²) in [6.07, 6.45) is 4.80. The van der Waals surface area contributed by atoms with Crippen LogP contribution < -0.4 is 0 Å². The summed E-state index contributed by atoms with van der Waals surface area (Å²) in [4.78, 5) is 11.7. The fourth-order valence-corrected chi connectivity index (χ4v) is 5.26. The van der Waals surface area contributed by atoms with Crippen LogP contribution in [0.4, 0.5) is 0 Å². The van der Waals surface area contributed by atoms with E-state index in [9.17, 15) is 13.2 Å². The average molecular weight is 262 g/mol. The maximum Gasteiger partial charge on any atom is 0.150 e. The van der Waals surface area contributed by atoms with Crippen LogP contribution in [0, 0.1) is 11.8 Å². The van der Waals surface area contributed by atoms with Gasteiger partial charge in [0.15, 0.2) is 0 Å². The minimum Gasteiger partial charge on any atom is -0.298 e. The summed E-state index contributed by atoms with van der Waals surface area (Å²) < 4.78 is 23.1. The van der Waals surface area contributed by atoms with Crippen LogP contribution in [0.15, 0.2) is 0 Å². The number of ketones is 1. The standard InChI is InChI=1S/C11H18O3S2/c1-16(13,14)9-4-2-3-8(5-9)10-6-15-7-11(10)12/h8-10H,2-7H2,1H3. The summed E-state index contributed by atoms with van der Waals surface area (Å²) in [5.41, 5.74) is 0. The first-order valence-electron chi connectivity index (χ1n) is 5.78. The molecule has 2 rings (SSSR count). The van der Waals surface area contributed by atoms with Crippen molar-refractivity contribution in [3.8, 4) is 0 Å². The Morgan fingerprint density at radius 3 is 2.62 bits per heavy atom. The number of thioether (sulfide) groups is 1. The topological polar surface area (TPSA) is 51.2 Å². The van der Waals surface area contributed by atoms with Gasteiger partial charge in [-0.3, -0.25) is 4.79 Å². The summed E-state index contributed by atoms with van der Waals surface area (Å²) in [5, 5.41) is -0.204. The average Bonchev–Trinajstić information content (AvgIpc) is 2.63. The van der Waals surface area contributed by atoms with E-state index in [2.05, 4.69) is 0 Å². The molecule has 0 aromatic rings. The molecule has 2 aliphatic rings. The molecule has 3 atom stereocenters. The number of carbonyl (C=O) groups excluding carboxylic acids is 1. The SMILES string of the molecule is CS(=O)(=O)C1CCCC(C2CSCC2=O)C1. The fraction of sp³-hybridized carbons (Fsp3) is 0.909. The van der Waals surface area contributed by atoms with Crippen molar-refractivity contribution >= 4 is 27.4 Å². The fourth-order valence-electron chi connectivity index (χ4n) is 2.82. The highest BCUT2D eigenvalue weighted by molar-refractivity contribution is 8.00. The van der Waals surface area contributed by atoms with E-state index in [1.54, 1.807) is 11.8 Å². The maximum atomic E-state index is 11.7. The Morgan fingerprint density at radius 2 is 2.06 bits per heavy atom. The first-order chi connectivity index (χ1) is 7.48. The molecule has 1 aliphatic carbocycles. The smallest absolute Gasteiger partial charge is 0.150 e. The summed E-state index contributed by atoms with van der Waals surface area (Å²) in [6, 6.07) is 0. The number of carbonyl (C=O) groups is 1. The molecule has 0 radical (unpaired) electrons. The minimum absolute atomic E-state index is 0.134. The van der Waals surface area contributed by atoms with Gasteiger partial charge in [0.1, 0.15) is 15.6 Å². The lowest BCUT2D eigenvalue weighted by Gasteiger charge is -2.30. The second-order valence-corrected chi connectivity index (χ2v) is 8.32. The molecule has 1 heterocycles. The van der Waals surface area contributed by atoms with Crippen molar-refractivity contribution in [2.24, 2.45) is 11.8 Å². The van der Waals surface area contributed by atoms with Crippen molar-refractivity contribution in [2.45, 2.75) is 30.9 Å². The number of hydrogen-bond donors (Lipinski definition) is 0. The highest BCUT2D eigenvalue weighted by Gasteiger charge is 2.37. The first-order valence-corrected chi connectivity index (χ1v) is 8.88. The van der Waals surface area contributed by atoms with E-state index in [0.717, 1.165) is 25.0 Å². The van der Waals surface area contributed by atoms with Crippen molar-refractivity contribution in [1.82, 2.24) is 0 Å². The van der Waals surface area contributed by atoms with Gasteiger partial charge >= 0.3 is 0 Å². The Bertz CT molecular complexity index is 375. The monoisotopic (exact) mass is 262 g/mol. The summed E-state index contributed by atoms with van der Waals surface area (Å²) >= 11 is 1.69. The van der Waals surface area contributed by atoms with E-state index < -0.39 is 9.84 Å². The van der Waals surface area contributed by atoms with Crippen LogP contribution in [-0.2, 0) is 14.6 Å². The van der Waals surface area contributed by atoms with Crippen molar-refractivity contribution in [1.29, 1.82) is 0 Å². The van der Waals surface area contributed by atoms with E-state index in [4.69, 9.17) is 0 Å². The Labute approximate surface area is 101 Å². The quantitative estimate of drug-likeness (QED) is 0.757. The van der Waals surface area contributed by atoms with Crippen molar-refractivity contribution in [2.75, 3.05) is 17.8 Å². The molecule has 92 valence electrons. The number of sulfone groups is 1. The Morgan fingerprint density at radius 1 is 1.31 bits per heavy atom. The zero-order chi connectivity index (χ0) is 11.8. The molecule has 5 heteroatoms. The Balaban J connectivity index is 2.04. The molecule has 3 unspecified atom stereocenters. The van der Waals surface area contributed by atoms with Gasteiger partial charge in [0.25, 0.3) is 0 Å². The van der Waals surface area contributed by atoms with Gasteiger partial charge in [-0.1, -0.05) is 6.42 Å². The van der Waals surface area contributed by atoms with Gasteiger partial charge in [0.05, 0.1) is 11.0 Å². The predicted octanol–water partition coefficient (Wildman–Crippen LogP) is 1.52. The molecule has 1 aliphatic heterocycles. The second-order valence-electron chi connectivity index (χ2n) is 4.97. The zero-order valence-corrected chi connectivity index (χ0v) is 11.1.